The summed E-state index contributed by atoms with van der Waals surface area (Å²) in [5.41, 5.74) is 0. The zero-order valence-electron chi connectivity index (χ0n) is 15.9. The van der Waals surface area contributed by atoms with Gasteiger partial charge in [-0.1, -0.05) is 0 Å². The van der Waals surface area contributed by atoms with E-state index in [-0.39, 0.29) is 28.2 Å². The van der Waals surface area contributed by atoms with Crippen molar-refractivity contribution in [3.8, 4) is 0 Å². The van der Waals surface area contributed by atoms with Crippen LogP contribution in [0.2, 0.25) is 8.45 Å². The molecule has 5 heteroatoms. The quantitative estimate of drug-likeness (QED) is 0.435. The van der Waals surface area contributed by atoms with Crippen LogP contribution in [0.4, 0.5) is 0 Å². The van der Waals surface area contributed by atoms with E-state index in [1.165, 1.54) is 13.8 Å². The molecule has 0 saturated carbocycles. The van der Waals surface area contributed by atoms with E-state index in [0.29, 0.717) is 12.8 Å². The Morgan fingerprint density at radius 1 is 0.696 bits per heavy atom. The summed E-state index contributed by atoms with van der Waals surface area (Å²) in [6.07, 6.45) is 0.843. The van der Waals surface area contributed by atoms with Crippen LogP contribution in [0.25, 0.3) is 0 Å². The molecule has 2 atom stereocenters. The second kappa shape index (κ2) is 9.03. The molecule has 0 N–H and O–H groups in total. The summed E-state index contributed by atoms with van der Waals surface area (Å²) in [5, 5.41) is 0. The van der Waals surface area contributed by atoms with Gasteiger partial charge < -0.3 is 0 Å². The third-order valence-electron chi connectivity index (χ3n) is 5.07. The molecule has 0 heterocycles. The van der Waals surface area contributed by atoms with Crippen LogP contribution in [-0.2, 0) is 35.8 Å². The summed E-state index contributed by atoms with van der Waals surface area (Å²) >= 11 is -3.83. The van der Waals surface area contributed by atoms with Crippen molar-refractivity contribution >= 4 is 19.7 Å². The van der Waals surface area contributed by atoms with E-state index in [1.54, 1.807) is 0 Å². The molecule has 0 rings (SSSR count). The number of Topliss-reactive ketones (excluding diaryl/α,β-unsaturated/α-hetero) is 2. The van der Waals surface area contributed by atoms with E-state index in [4.69, 9.17) is 0 Å². The van der Waals surface area contributed by atoms with Crippen molar-refractivity contribution in [2.45, 2.75) is 76.7 Å². The molecule has 0 aliphatic heterocycles. The SMILES string of the molecule is CCC(C(C)=O)[C](=O)[Ti]([C](=O)C(CC)C(C)=O)([CH](C)C)[CH](C)C. The third kappa shape index (κ3) is 4.27. The van der Waals surface area contributed by atoms with Crippen molar-refractivity contribution in [3.05, 3.63) is 0 Å². The molecule has 0 aromatic carbocycles. The molecule has 0 aliphatic rings. The first kappa shape index (κ1) is 22.4. The topological polar surface area (TPSA) is 68.3 Å². The van der Waals surface area contributed by atoms with Crippen LogP contribution in [-0.4, -0.2) is 19.7 Å². The average molecular weight is 360 g/mol. The number of rotatable bonds is 10. The van der Waals surface area contributed by atoms with Gasteiger partial charge in [0, 0.05) is 0 Å². The van der Waals surface area contributed by atoms with Crippen molar-refractivity contribution < 1.29 is 35.8 Å². The van der Waals surface area contributed by atoms with Crippen LogP contribution in [0.1, 0.15) is 68.2 Å². The minimum absolute atomic E-state index is 0.0863. The van der Waals surface area contributed by atoms with Gasteiger partial charge in [0.05, 0.1) is 0 Å². The van der Waals surface area contributed by atoms with Gasteiger partial charge >= 0.3 is 144 Å². The van der Waals surface area contributed by atoms with Crippen molar-refractivity contribution in [1.82, 2.24) is 0 Å². The van der Waals surface area contributed by atoms with Gasteiger partial charge in [-0.25, -0.2) is 0 Å². The standard InChI is InChI=1S/2C6H9O2.2C3H7.Ti/c2*1-3-6(4-7)5(2)8;2*1-3-2;/h2*6H,3H2,1-2H3;2*3H,1-2H3;. The number of carbonyl (C=O) groups is 4. The molecule has 132 valence electrons. The molecule has 0 aromatic rings. The second-order valence-corrected chi connectivity index (χ2v) is 14.9. The summed E-state index contributed by atoms with van der Waals surface area (Å²) in [6.45, 7) is 14.1. The number of carbonyl (C=O) groups excluding carboxylic acids is 4. The fourth-order valence-corrected chi connectivity index (χ4v) is 12.9. The van der Waals surface area contributed by atoms with Gasteiger partial charge in [0.2, 0.25) is 0 Å². The van der Waals surface area contributed by atoms with Crippen LogP contribution in [0.15, 0.2) is 0 Å². The first-order chi connectivity index (χ1) is 10.5. The average Bonchev–Trinajstić information content (AvgIpc) is 2.38. The monoisotopic (exact) mass is 360 g/mol. The zero-order valence-corrected chi connectivity index (χ0v) is 17.4. The predicted molar refractivity (Wildman–Crippen MR) is 89.1 cm³/mol. The molecule has 0 bridgehead atoms. The summed E-state index contributed by atoms with van der Waals surface area (Å²) < 4.78 is -0.432. The fraction of sp³-hybridized carbons (Fsp3) is 0.778. The van der Waals surface area contributed by atoms with Crippen LogP contribution < -0.4 is 0 Å². The van der Waals surface area contributed by atoms with Gasteiger partial charge in [-0.3, -0.25) is 0 Å². The fourth-order valence-electron chi connectivity index (χ4n) is 3.82. The molecule has 0 spiro atoms. The van der Waals surface area contributed by atoms with Gasteiger partial charge in [0.25, 0.3) is 0 Å². The van der Waals surface area contributed by atoms with Crippen molar-refractivity contribution in [3.63, 3.8) is 0 Å². The van der Waals surface area contributed by atoms with E-state index in [2.05, 4.69) is 0 Å². The summed E-state index contributed by atoms with van der Waals surface area (Å²) in [6, 6.07) is 0. The molecule has 0 fully saturated rings. The zero-order chi connectivity index (χ0) is 18.5. The van der Waals surface area contributed by atoms with E-state index >= 15 is 0 Å². The molecule has 4 nitrogen and oxygen atoms in total. The number of hydrogen-bond donors (Lipinski definition) is 0. The Bertz CT molecular complexity index is 435. The summed E-state index contributed by atoms with van der Waals surface area (Å²) in [7, 11) is 0. The third-order valence-corrected chi connectivity index (χ3v) is 14.4. The Morgan fingerprint density at radius 2 is 0.957 bits per heavy atom. The van der Waals surface area contributed by atoms with Crippen LogP contribution in [0.3, 0.4) is 0 Å². The van der Waals surface area contributed by atoms with Gasteiger partial charge in [0.15, 0.2) is 0 Å². The molecule has 0 radical (unpaired) electrons. The Hall–Kier alpha value is -0.606. The van der Waals surface area contributed by atoms with E-state index in [0.717, 1.165) is 0 Å². The predicted octanol–water partition coefficient (Wildman–Crippen LogP) is 4.08. The molecule has 23 heavy (non-hydrogen) atoms. The van der Waals surface area contributed by atoms with Gasteiger partial charge in [-0.15, -0.1) is 0 Å². The van der Waals surface area contributed by atoms with E-state index in [9.17, 15) is 19.2 Å². The minimum atomic E-state index is -3.83. The number of ketones is 2. The van der Waals surface area contributed by atoms with Crippen molar-refractivity contribution in [2.75, 3.05) is 0 Å². The van der Waals surface area contributed by atoms with Crippen molar-refractivity contribution in [1.29, 1.82) is 0 Å². The second-order valence-electron chi connectivity index (χ2n) is 7.05. The molecular formula is C18H32O4Ti. The van der Waals surface area contributed by atoms with Crippen LogP contribution in [0, 0.1) is 11.8 Å². The van der Waals surface area contributed by atoms with E-state index in [1.807, 2.05) is 41.5 Å². The molecule has 0 aliphatic carbocycles. The summed E-state index contributed by atoms with van der Waals surface area (Å²) in [5.74, 6) is -1.74. The Labute approximate surface area is 144 Å². The van der Waals surface area contributed by atoms with Crippen LogP contribution in [0.5, 0.6) is 0 Å². The first-order valence-corrected chi connectivity index (χ1v) is 12.0. The Morgan fingerprint density at radius 3 is 1.09 bits per heavy atom. The van der Waals surface area contributed by atoms with Gasteiger partial charge in [-0.05, 0) is 0 Å². The van der Waals surface area contributed by atoms with Crippen LogP contribution >= 0.6 is 0 Å². The normalized spacial score (nSPS) is 14.7. The maximum atomic E-state index is 13.3. The first-order valence-electron chi connectivity index (χ1n) is 8.59. The molecule has 0 amide bonds. The molecule has 2 unspecified atom stereocenters. The number of hydrogen-bond acceptors (Lipinski definition) is 4. The molecule has 0 saturated heterocycles. The van der Waals surface area contributed by atoms with Gasteiger partial charge in [-0.2, -0.15) is 0 Å². The summed E-state index contributed by atoms with van der Waals surface area (Å²) in [4.78, 5) is 50.5. The molecular weight excluding hydrogens is 328 g/mol. The van der Waals surface area contributed by atoms with E-state index < -0.39 is 28.4 Å². The molecule has 0 aromatic heterocycles. The maximum absolute atomic E-state index is 13.3. The van der Waals surface area contributed by atoms with Crippen molar-refractivity contribution in [2.24, 2.45) is 11.8 Å². The Balaban J connectivity index is 6.34. The Kier molecular flexibility index (Phi) is 8.79. The van der Waals surface area contributed by atoms with Gasteiger partial charge in [0.1, 0.15) is 0 Å².